The Bertz CT molecular complexity index is 1580. The highest BCUT2D eigenvalue weighted by atomic mass is 32.2. The van der Waals surface area contributed by atoms with E-state index in [0.29, 0.717) is 40.5 Å². The van der Waals surface area contributed by atoms with Crippen LogP contribution in [-0.4, -0.2) is 117 Å². The molecule has 3 aliphatic heterocycles. The molecule has 0 aliphatic carbocycles. The van der Waals surface area contributed by atoms with E-state index in [9.17, 15) is 12.6 Å². The van der Waals surface area contributed by atoms with Gasteiger partial charge < -0.3 is 19.4 Å². The van der Waals surface area contributed by atoms with Gasteiger partial charge in [0.1, 0.15) is 10.6 Å². The van der Waals surface area contributed by atoms with E-state index in [1.807, 2.05) is 25.1 Å². The van der Waals surface area contributed by atoms with Crippen molar-refractivity contribution in [1.82, 2.24) is 19.7 Å². The Morgan fingerprint density at radius 2 is 1.48 bits per heavy atom. The fourth-order valence-corrected chi connectivity index (χ4v) is 9.08. The van der Waals surface area contributed by atoms with E-state index in [2.05, 4.69) is 31.6 Å². The lowest BCUT2D eigenvalue weighted by Gasteiger charge is -2.46. The number of piperazine rings is 1. The molecule has 2 aromatic carbocycles. The normalized spacial score (nSPS) is 21.1. The van der Waals surface area contributed by atoms with Crippen molar-refractivity contribution in [3.63, 3.8) is 0 Å². The number of likely N-dealkylation sites (tertiary alicyclic amines) is 1. The van der Waals surface area contributed by atoms with Crippen LogP contribution in [0, 0.1) is 0 Å². The van der Waals surface area contributed by atoms with E-state index in [1.165, 1.54) is 32.1 Å². The highest BCUT2D eigenvalue weighted by Crippen LogP contribution is 2.39. The molecule has 0 saturated carbocycles. The Hall–Kier alpha value is -2.57. The third kappa shape index (κ3) is 6.53. The lowest BCUT2D eigenvalue weighted by molar-refractivity contribution is 0.0495. The molecule has 0 radical (unpaired) electrons. The Morgan fingerprint density at radius 3 is 2.09 bits per heavy atom. The number of ether oxygens (including phenoxy) is 1. The number of benzene rings is 2. The summed E-state index contributed by atoms with van der Waals surface area (Å²) in [6, 6.07) is 13.3. The van der Waals surface area contributed by atoms with Crippen molar-refractivity contribution in [1.29, 1.82) is 0 Å². The maximum Gasteiger partial charge on any atom is 0.210 e. The Kier molecular flexibility index (Phi) is 9.58. The predicted molar refractivity (Wildman–Crippen MR) is 176 cm³/mol. The van der Waals surface area contributed by atoms with E-state index >= 15 is 0 Å². The van der Waals surface area contributed by atoms with Crippen LogP contribution < -0.4 is 9.64 Å². The van der Waals surface area contributed by atoms with Crippen LogP contribution in [0.3, 0.4) is 0 Å². The molecule has 11 heteroatoms. The molecule has 0 bridgehead atoms. The lowest BCUT2D eigenvalue weighted by Crippen LogP contribution is -2.54. The number of anilines is 1. The summed E-state index contributed by atoms with van der Waals surface area (Å²) >= 11 is 0. The van der Waals surface area contributed by atoms with E-state index in [-0.39, 0.29) is 9.79 Å². The van der Waals surface area contributed by atoms with Gasteiger partial charge >= 0.3 is 0 Å². The molecule has 3 fully saturated rings. The monoisotopic (exact) mass is 639 g/mol. The lowest BCUT2D eigenvalue weighted by atomic mass is 9.96. The molecule has 6 rings (SSSR count). The largest absolute Gasteiger partial charge is 0.494 e. The molecule has 0 amide bonds. The van der Waals surface area contributed by atoms with Crippen LogP contribution in [0.25, 0.3) is 10.9 Å². The van der Waals surface area contributed by atoms with E-state index in [0.717, 1.165) is 57.5 Å². The van der Waals surface area contributed by atoms with Gasteiger partial charge in [-0.3, -0.25) is 14.1 Å². The SMILES string of the molecule is CCOc1ccc(S(=O)(=O)c2cnc3ccc([S@](C)=O)cc3c2N2CCC(N3CCC(N4CCN(C)CC4)CC3)CC2)cc1. The third-order valence-corrected chi connectivity index (χ3v) is 12.4. The zero-order valence-electron chi connectivity index (χ0n) is 26.2. The van der Waals surface area contributed by atoms with Crippen LogP contribution in [-0.2, 0) is 20.6 Å². The first kappa shape index (κ1) is 31.4. The van der Waals surface area contributed by atoms with Gasteiger partial charge in [-0.2, -0.15) is 0 Å². The van der Waals surface area contributed by atoms with Crippen LogP contribution in [0.2, 0.25) is 0 Å². The molecule has 4 heterocycles. The summed E-state index contributed by atoms with van der Waals surface area (Å²) in [4.78, 5) is 15.6. The molecular formula is C33H45N5O4S2. The van der Waals surface area contributed by atoms with Gasteiger partial charge in [-0.05, 0) is 95.2 Å². The summed E-state index contributed by atoms with van der Waals surface area (Å²) in [6.45, 7) is 10.9. The minimum Gasteiger partial charge on any atom is -0.494 e. The topological polar surface area (TPSA) is 86.3 Å². The van der Waals surface area contributed by atoms with Gasteiger partial charge in [0.05, 0.1) is 22.7 Å². The van der Waals surface area contributed by atoms with Crippen LogP contribution in [0.4, 0.5) is 5.69 Å². The summed E-state index contributed by atoms with van der Waals surface area (Å²) < 4.78 is 46.3. The second kappa shape index (κ2) is 13.4. The third-order valence-electron chi connectivity index (χ3n) is 9.69. The highest BCUT2D eigenvalue weighted by Gasteiger charge is 2.34. The molecule has 1 atom stereocenters. The fraction of sp³-hybridized carbons (Fsp3) is 0.545. The molecule has 238 valence electrons. The number of hydrogen-bond acceptors (Lipinski definition) is 9. The van der Waals surface area contributed by atoms with E-state index in [1.54, 1.807) is 30.5 Å². The number of fused-ring (bicyclic) bond motifs is 1. The Labute approximate surface area is 264 Å². The summed E-state index contributed by atoms with van der Waals surface area (Å²) in [7, 11) is -2.88. The highest BCUT2D eigenvalue weighted by molar-refractivity contribution is 7.91. The molecule has 0 spiro atoms. The number of nitrogens with zero attached hydrogens (tertiary/aromatic N) is 5. The number of aromatic nitrogens is 1. The standard InChI is InChI=1S/C33H45N5O4S2/c1-4-42-27-5-8-29(9-6-27)44(40,41)32-24-34-31-10-7-28(43(3)39)23-30(31)33(32)38-17-13-25(14-18-38)36-15-11-26(12-16-36)37-21-19-35(2)20-22-37/h5-10,23-26H,4,11-22H2,1-3H3/t43-/m0/s1. The first-order valence-electron chi connectivity index (χ1n) is 15.9. The molecule has 3 aliphatic rings. The average Bonchev–Trinajstić information content (AvgIpc) is 3.05. The van der Waals surface area contributed by atoms with Crippen molar-refractivity contribution in [3.8, 4) is 5.75 Å². The molecule has 0 unspecified atom stereocenters. The number of pyridine rings is 1. The van der Waals surface area contributed by atoms with Gasteiger partial charge in [0.2, 0.25) is 9.84 Å². The van der Waals surface area contributed by atoms with Gasteiger partial charge in [-0.25, -0.2) is 8.42 Å². The van der Waals surface area contributed by atoms with Gasteiger partial charge in [-0.1, -0.05) is 0 Å². The zero-order valence-corrected chi connectivity index (χ0v) is 27.8. The molecule has 9 nitrogen and oxygen atoms in total. The van der Waals surface area contributed by atoms with Crippen molar-refractivity contribution in [2.75, 3.05) is 77.2 Å². The molecule has 0 N–H and O–H groups in total. The minimum absolute atomic E-state index is 0.194. The van der Waals surface area contributed by atoms with Crippen molar-refractivity contribution in [2.24, 2.45) is 0 Å². The van der Waals surface area contributed by atoms with Gasteiger partial charge in [0.25, 0.3) is 0 Å². The van der Waals surface area contributed by atoms with Crippen molar-refractivity contribution < 1.29 is 17.4 Å². The quantitative estimate of drug-likeness (QED) is 0.365. The molecule has 3 saturated heterocycles. The first-order chi connectivity index (χ1) is 21.2. The average molecular weight is 640 g/mol. The van der Waals surface area contributed by atoms with Gasteiger partial charge in [0.15, 0.2) is 0 Å². The molecule has 44 heavy (non-hydrogen) atoms. The summed E-state index contributed by atoms with van der Waals surface area (Å²) in [5.74, 6) is 0.632. The number of likely N-dealkylation sites (N-methyl/N-ethyl adjacent to an activating group) is 1. The number of hydrogen-bond donors (Lipinski definition) is 0. The summed E-state index contributed by atoms with van der Waals surface area (Å²) in [6.07, 6.45) is 7.55. The molecule has 1 aromatic heterocycles. The van der Waals surface area contributed by atoms with Crippen molar-refractivity contribution >= 4 is 37.2 Å². The van der Waals surface area contributed by atoms with Crippen molar-refractivity contribution in [3.05, 3.63) is 48.7 Å². The molecule has 3 aromatic rings. The molecular weight excluding hydrogens is 595 g/mol. The fourth-order valence-electron chi connectivity index (χ4n) is 7.11. The minimum atomic E-state index is -3.88. The second-order valence-electron chi connectivity index (χ2n) is 12.3. The smallest absolute Gasteiger partial charge is 0.210 e. The maximum atomic E-state index is 14.1. The van der Waals surface area contributed by atoms with E-state index in [4.69, 9.17) is 4.74 Å². The summed E-state index contributed by atoms with van der Waals surface area (Å²) in [5.41, 5.74) is 1.37. The zero-order chi connectivity index (χ0) is 30.8. The number of sulfone groups is 1. The summed E-state index contributed by atoms with van der Waals surface area (Å²) in [5, 5.41) is 0.733. The first-order valence-corrected chi connectivity index (χ1v) is 18.9. The van der Waals surface area contributed by atoms with Crippen molar-refractivity contribution in [2.45, 2.75) is 59.4 Å². The van der Waals surface area contributed by atoms with Crippen LogP contribution in [0.15, 0.2) is 63.3 Å². The maximum absolute atomic E-state index is 14.1. The Morgan fingerprint density at radius 1 is 0.864 bits per heavy atom. The van der Waals surface area contributed by atoms with Gasteiger partial charge in [-0.15, -0.1) is 0 Å². The predicted octanol–water partition coefficient (Wildman–Crippen LogP) is 3.88. The number of rotatable bonds is 8. The second-order valence-corrected chi connectivity index (χ2v) is 15.6. The number of piperidine rings is 2. The van der Waals surface area contributed by atoms with Crippen LogP contribution >= 0.6 is 0 Å². The van der Waals surface area contributed by atoms with Crippen LogP contribution in [0.5, 0.6) is 5.75 Å². The Balaban J connectivity index is 1.24. The van der Waals surface area contributed by atoms with E-state index < -0.39 is 20.6 Å². The van der Waals surface area contributed by atoms with Crippen LogP contribution in [0.1, 0.15) is 32.6 Å². The van der Waals surface area contributed by atoms with Gasteiger partial charge in [0, 0.05) is 84.9 Å².